The van der Waals surface area contributed by atoms with Crippen LogP contribution in [0.2, 0.25) is 0 Å². The van der Waals surface area contributed by atoms with Crippen LogP contribution in [0.1, 0.15) is 79.4 Å². The Morgan fingerprint density at radius 2 is 1.64 bits per heavy atom. The van der Waals surface area contributed by atoms with Crippen molar-refractivity contribution in [1.29, 1.82) is 0 Å². The quantitative estimate of drug-likeness (QED) is 0.0814. The number of amides is 2. The molecule has 4 N–H and O–H groups in total. The van der Waals surface area contributed by atoms with E-state index in [0.29, 0.717) is 17.7 Å². The number of anilines is 2. The number of nitrogens with two attached hydrogens (primary N) is 1. The van der Waals surface area contributed by atoms with Gasteiger partial charge in [0.05, 0.1) is 17.3 Å². The molecule has 1 aliphatic rings. The number of nitrogens with one attached hydrogen (secondary N) is 2. The van der Waals surface area contributed by atoms with Gasteiger partial charge in [0.1, 0.15) is 5.69 Å². The molecule has 3 aromatic carbocycles. The lowest BCUT2D eigenvalue weighted by Crippen LogP contribution is -2.33. The molecule has 4 aromatic rings. The number of hydrogen-bond donors (Lipinski definition) is 3. The first-order valence-electron chi connectivity index (χ1n) is 17.7. The molecule has 5 rings (SSSR count). The zero-order valence-electron chi connectivity index (χ0n) is 30.0. The van der Waals surface area contributed by atoms with Crippen LogP contribution in [0, 0.1) is 23.7 Å². The molecule has 1 unspecified atom stereocenters. The summed E-state index contributed by atoms with van der Waals surface area (Å²) in [7, 11) is 5.85. The molecule has 1 saturated carbocycles. The Balaban J connectivity index is 1.30. The summed E-state index contributed by atoms with van der Waals surface area (Å²) in [5, 5.41) is 10.6. The summed E-state index contributed by atoms with van der Waals surface area (Å²) in [5.41, 5.74) is 13.7. The fourth-order valence-corrected chi connectivity index (χ4v) is 6.81. The van der Waals surface area contributed by atoms with Crippen molar-refractivity contribution in [2.24, 2.45) is 23.9 Å². The van der Waals surface area contributed by atoms with E-state index in [1.54, 1.807) is 11.7 Å². The third kappa shape index (κ3) is 9.31. The van der Waals surface area contributed by atoms with Crippen molar-refractivity contribution in [3.63, 3.8) is 0 Å². The monoisotopic (exact) mass is 669 g/mol. The number of aromatic nitrogens is 2. The van der Waals surface area contributed by atoms with Crippen LogP contribution in [0.15, 0.2) is 102 Å². The lowest BCUT2D eigenvalue weighted by molar-refractivity contribution is 0.250. The fourth-order valence-electron chi connectivity index (χ4n) is 6.81. The number of rotatable bonds is 12. The number of hydrogen-bond acceptors (Lipinski definition) is 5. The zero-order chi connectivity index (χ0) is 35.5. The van der Waals surface area contributed by atoms with Crippen LogP contribution in [0.5, 0.6) is 0 Å². The minimum Gasteiger partial charge on any atom is -0.382 e. The third-order valence-corrected chi connectivity index (χ3v) is 9.61. The van der Waals surface area contributed by atoms with E-state index < -0.39 is 0 Å². The van der Waals surface area contributed by atoms with Gasteiger partial charge in [-0.15, -0.1) is 0 Å². The van der Waals surface area contributed by atoms with Crippen molar-refractivity contribution in [2.45, 2.75) is 51.5 Å². The Hall–Kier alpha value is -5.13. The van der Waals surface area contributed by atoms with Crippen LogP contribution in [-0.2, 0) is 7.05 Å². The highest BCUT2D eigenvalue weighted by Crippen LogP contribution is 2.34. The standard InChI is InChI=1S/C42H51N7O/c1-6-28-48(4)29-27-30(2)32-20-17-31(18-21-32)19-26-37-38(41(43)47-49(37)5)40(44-3)35-24-22-34(23-25-35)39(33-13-9-7-10-14-33)46-42(50)45-36-15-11-8-12-16-36/h7-16,22-25,31-32,39H,2,6,17-18,20-21,27-29H2,1,3-5H3,(H2,43,47)(H2,45,46,50). The SMILES string of the molecule is C=C(CCN(C)CCC)C1CCC(C#Cc2c(C(=NC)c3ccc(C(NC(=O)Nc4ccccc4)c4ccccc4)cc3)c(N)nn2C)CC1. The molecule has 1 heterocycles. The maximum atomic E-state index is 13.1. The Kier molecular flexibility index (Phi) is 12.7. The van der Waals surface area contributed by atoms with Crippen LogP contribution in [0.3, 0.4) is 0 Å². The molecule has 0 spiro atoms. The first-order valence-corrected chi connectivity index (χ1v) is 17.7. The molecule has 260 valence electrons. The van der Waals surface area contributed by atoms with E-state index in [-0.39, 0.29) is 12.1 Å². The second kappa shape index (κ2) is 17.5. The molecular weight excluding hydrogens is 619 g/mol. The van der Waals surface area contributed by atoms with E-state index in [9.17, 15) is 4.79 Å². The first kappa shape index (κ1) is 36.2. The first-order chi connectivity index (χ1) is 24.3. The van der Waals surface area contributed by atoms with Gasteiger partial charge in [-0.3, -0.25) is 9.67 Å². The molecular formula is C42H51N7O. The lowest BCUT2D eigenvalue weighted by atomic mass is 9.78. The summed E-state index contributed by atoms with van der Waals surface area (Å²) in [6, 6.07) is 26.8. The largest absolute Gasteiger partial charge is 0.382 e. The van der Waals surface area contributed by atoms with E-state index in [0.717, 1.165) is 84.5 Å². The topological polar surface area (TPSA) is 101 Å². The number of carbonyl (C=O) groups is 1. The maximum Gasteiger partial charge on any atom is 0.319 e. The summed E-state index contributed by atoms with van der Waals surface area (Å²) in [4.78, 5) is 20.1. The highest BCUT2D eigenvalue weighted by Gasteiger charge is 2.24. The maximum absolute atomic E-state index is 13.1. The van der Waals surface area contributed by atoms with Gasteiger partial charge in [-0.2, -0.15) is 5.10 Å². The van der Waals surface area contributed by atoms with Gasteiger partial charge in [-0.05, 0) is 87.2 Å². The number of nitrogen functional groups attached to an aromatic ring is 1. The van der Waals surface area contributed by atoms with Gasteiger partial charge < -0.3 is 21.3 Å². The average Bonchev–Trinajstić information content (AvgIpc) is 3.42. The number of aliphatic imine (C=N–C) groups is 1. The molecule has 0 radical (unpaired) electrons. The van der Waals surface area contributed by atoms with Crippen LogP contribution >= 0.6 is 0 Å². The Morgan fingerprint density at radius 3 is 2.28 bits per heavy atom. The third-order valence-electron chi connectivity index (χ3n) is 9.61. The van der Waals surface area contributed by atoms with Gasteiger partial charge >= 0.3 is 6.03 Å². The lowest BCUT2D eigenvalue weighted by Gasteiger charge is -2.28. The van der Waals surface area contributed by atoms with E-state index in [1.165, 1.54) is 12.0 Å². The van der Waals surface area contributed by atoms with Gasteiger partial charge in [-0.1, -0.05) is 97.8 Å². The van der Waals surface area contributed by atoms with Crippen molar-refractivity contribution < 1.29 is 4.79 Å². The summed E-state index contributed by atoms with van der Waals surface area (Å²) in [5.74, 6) is 8.33. The van der Waals surface area contributed by atoms with E-state index in [1.807, 2.05) is 92.0 Å². The molecule has 0 aliphatic heterocycles. The van der Waals surface area contributed by atoms with Gasteiger partial charge in [0.25, 0.3) is 0 Å². The molecule has 8 nitrogen and oxygen atoms in total. The summed E-state index contributed by atoms with van der Waals surface area (Å²) >= 11 is 0. The predicted octanol–water partition coefficient (Wildman–Crippen LogP) is 7.83. The molecule has 1 atom stereocenters. The summed E-state index contributed by atoms with van der Waals surface area (Å²) < 4.78 is 1.76. The molecule has 0 bridgehead atoms. The van der Waals surface area contributed by atoms with Crippen molar-refractivity contribution in [3.8, 4) is 11.8 Å². The number of para-hydroxylation sites is 1. The van der Waals surface area contributed by atoms with Crippen molar-refractivity contribution >= 4 is 23.2 Å². The summed E-state index contributed by atoms with van der Waals surface area (Å²) in [6.45, 7) is 8.89. The van der Waals surface area contributed by atoms with E-state index in [2.05, 4.69) is 58.0 Å². The van der Waals surface area contributed by atoms with Gasteiger partial charge in [0, 0.05) is 37.8 Å². The van der Waals surface area contributed by atoms with Crippen molar-refractivity contribution in [2.75, 3.05) is 38.2 Å². The van der Waals surface area contributed by atoms with Gasteiger partial charge in [0.2, 0.25) is 0 Å². The average molecular weight is 670 g/mol. The predicted molar refractivity (Wildman–Crippen MR) is 206 cm³/mol. The van der Waals surface area contributed by atoms with E-state index in [4.69, 9.17) is 5.73 Å². The molecule has 1 aromatic heterocycles. The number of carbonyl (C=O) groups excluding carboxylic acids is 1. The van der Waals surface area contributed by atoms with Crippen LogP contribution in [0.25, 0.3) is 0 Å². The number of aryl methyl sites for hydroxylation is 1. The number of benzene rings is 3. The normalized spacial score (nSPS) is 16.7. The molecule has 2 amide bonds. The molecule has 50 heavy (non-hydrogen) atoms. The summed E-state index contributed by atoms with van der Waals surface area (Å²) in [6.07, 6.45) is 6.66. The van der Waals surface area contributed by atoms with Crippen LogP contribution < -0.4 is 16.4 Å². The smallest absolute Gasteiger partial charge is 0.319 e. The molecule has 1 aliphatic carbocycles. The van der Waals surface area contributed by atoms with Gasteiger partial charge in [-0.25, -0.2) is 4.79 Å². The fraction of sp³-hybridized carbons (Fsp3) is 0.357. The minimum absolute atomic E-state index is 0.287. The Morgan fingerprint density at radius 1 is 1.00 bits per heavy atom. The highest BCUT2D eigenvalue weighted by molar-refractivity contribution is 6.16. The number of urea groups is 1. The molecule has 0 saturated heterocycles. The Labute approximate surface area is 297 Å². The highest BCUT2D eigenvalue weighted by atomic mass is 16.2. The van der Waals surface area contributed by atoms with Crippen LogP contribution in [-0.4, -0.2) is 53.6 Å². The minimum atomic E-state index is -0.365. The Bertz CT molecular complexity index is 1810. The van der Waals surface area contributed by atoms with Crippen molar-refractivity contribution in [3.05, 3.63) is 125 Å². The van der Waals surface area contributed by atoms with Crippen molar-refractivity contribution in [1.82, 2.24) is 20.0 Å². The molecule has 1 fully saturated rings. The molecule has 8 heteroatoms. The zero-order valence-corrected chi connectivity index (χ0v) is 30.0. The van der Waals surface area contributed by atoms with E-state index >= 15 is 0 Å². The van der Waals surface area contributed by atoms with Crippen LogP contribution in [0.4, 0.5) is 16.3 Å². The second-order valence-corrected chi connectivity index (χ2v) is 13.3. The second-order valence-electron chi connectivity index (χ2n) is 13.3. The number of nitrogens with zero attached hydrogens (tertiary/aromatic N) is 4. The van der Waals surface area contributed by atoms with Gasteiger partial charge in [0.15, 0.2) is 5.82 Å².